The fourth-order valence-corrected chi connectivity index (χ4v) is 4.57. The lowest BCUT2D eigenvalue weighted by atomic mass is 10.0. The van der Waals surface area contributed by atoms with Crippen molar-refractivity contribution in [2.24, 2.45) is 5.73 Å². The van der Waals surface area contributed by atoms with E-state index >= 15 is 0 Å². The Morgan fingerprint density at radius 2 is 2.20 bits per heavy atom. The van der Waals surface area contributed by atoms with Crippen LogP contribution in [-0.4, -0.2) is 55.5 Å². The second kappa shape index (κ2) is 7.40. The fourth-order valence-electron chi connectivity index (χ4n) is 3.13. The SMILES string of the molecule is C[C@H]1C[C@@H](NC(=O)c2cc(C3CC3)on2)CCN1S(=O)(=O)NCCN. The van der Waals surface area contributed by atoms with Gasteiger partial charge in [0.2, 0.25) is 0 Å². The van der Waals surface area contributed by atoms with Gasteiger partial charge in [-0.1, -0.05) is 5.16 Å². The molecule has 1 aromatic rings. The molecule has 0 aromatic carbocycles. The smallest absolute Gasteiger partial charge is 0.279 e. The van der Waals surface area contributed by atoms with Crippen molar-refractivity contribution in [3.05, 3.63) is 17.5 Å². The van der Waals surface area contributed by atoms with E-state index in [0.717, 1.165) is 18.6 Å². The highest BCUT2D eigenvalue weighted by Gasteiger charge is 2.34. The average molecular weight is 371 g/mol. The largest absolute Gasteiger partial charge is 0.360 e. The molecule has 9 nitrogen and oxygen atoms in total. The van der Waals surface area contributed by atoms with Crippen LogP contribution in [0.25, 0.3) is 0 Å². The van der Waals surface area contributed by atoms with E-state index in [1.165, 1.54) is 4.31 Å². The fraction of sp³-hybridized carbons (Fsp3) is 0.733. The van der Waals surface area contributed by atoms with Gasteiger partial charge in [0.25, 0.3) is 16.1 Å². The molecule has 25 heavy (non-hydrogen) atoms. The Hall–Kier alpha value is -1.49. The predicted octanol–water partition coefficient (Wildman–Crippen LogP) is -0.0722. The van der Waals surface area contributed by atoms with E-state index in [9.17, 15) is 13.2 Å². The molecule has 1 aromatic heterocycles. The van der Waals surface area contributed by atoms with Crippen molar-refractivity contribution in [2.45, 2.75) is 50.6 Å². The minimum absolute atomic E-state index is 0.0930. The van der Waals surface area contributed by atoms with E-state index in [-0.39, 0.29) is 36.8 Å². The summed E-state index contributed by atoms with van der Waals surface area (Å²) < 4.78 is 33.6. The maximum atomic E-state index is 12.3. The van der Waals surface area contributed by atoms with Gasteiger partial charge in [-0.15, -0.1) is 0 Å². The van der Waals surface area contributed by atoms with Crippen LogP contribution in [0, 0.1) is 0 Å². The lowest BCUT2D eigenvalue weighted by Crippen LogP contribution is -2.54. The van der Waals surface area contributed by atoms with Crippen LogP contribution < -0.4 is 15.8 Å². The molecule has 2 atom stereocenters. The first-order valence-electron chi connectivity index (χ1n) is 8.64. The molecule has 4 N–H and O–H groups in total. The van der Waals surface area contributed by atoms with Gasteiger partial charge in [-0.2, -0.15) is 12.7 Å². The van der Waals surface area contributed by atoms with Gasteiger partial charge in [-0.3, -0.25) is 4.79 Å². The molecule has 1 aliphatic heterocycles. The van der Waals surface area contributed by atoms with Gasteiger partial charge < -0.3 is 15.6 Å². The molecule has 2 fully saturated rings. The second-order valence-electron chi connectivity index (χ2n) is 6.73. The van der Waals surface area contributed by atoms with Crippen LogP contribution in [0.2, 0.25) is 0 Å². The first-order chi connectivity index (χ1) is 11.9. The molecule has 0 unspecified atom stereocenters. The first kappa shape index (κ1) is 18.3. The summed E-state index contributed by atoms with van der Waals surface area (Å²) in [6.45, 7) is 2.64. The van der Waals surface area contributed by atoms with Gasteiger partial charge in [-0.25, -0.2) is 4.72 Å². The van der Waals surface area contributed by atoms with Crippen molar-refractivity contribution < 1.29 is 17.7 Å². The van der Waals surface area contributed by atoms with E-state index in [1.807, 2.05) is 6.92 Å². The van der Waals surface area contributed by atoms with Gasteiger partial charge in [0.05, 0.1) is 0 Å². The highest BCUT2D eigenvalue weighted by atomic mass is 32.2. The number of carbonyl (C=O) groups is 1. The molecule has 1 amide bonds. The summed E-state index contributed by atoms with van der Waals surface area (Å²) in [5.41, 5.74) is 5.64. The standard InChI is InChI=1S/C15H25N5O4S/c1-10-8-12(4-7-20(10)25(22,23)17-6-5-16)18-15(21)13-9-14(24-19-13)11-2-3-11/h9-12,17H,2-8,16H2,1H3,(H,18,21)/t10-,12-/m0/s1. The Morgan fingerprint density at radius 3 is 2.84 bits per heavy atom. The highest BCUT2D eigenvalue weighted by molar-refractivity contribution is 7.87. The highest BCUT2D eigenvalue weighted by Crippen LogP contribution is 2.40. The molecule has 1 saturated carbocycles. The Morgan fingerprint density at radius 1 is 1.44 bits per heavy atom. The summed E-state index contributed by atoms with van der Waals surface area (Å²) in [5.74, 6) is 0.902. The molecule has 0 spiro atoms. The lowest BCUT2D eigenvalue weighted by molar-refractivity contribution is 0.0905. The summed E-state index contributed by atoms with van der Waals surface area (Å²) in [4.78, 5) is 12.3. The van der Waals surface area contributed by atoms with Crippen LogP contribution in [0.5, 0.6) is 0 Å². The molecule has 140 valence electrons. The Bertz CT molecular complexity index is 715. The Kier molecular flexibility index (Phi) is 5.42. The minimum atomic E-state index is -3.53. The molecule has 3 rings (SSSR count). The molecule has 0 bridgehead atoms. The number of hydrogen-bond donors (Lipinski definition) is 3. The van der Waals surface area contributed by atoms with Gasteiger partial charge >= 0.3 is 0 Å². The molecular formula is C15H25N5O4S. The number of rotatable bonds is 7. The summed E-state index contributed by atoms with van der Waals surface area (Å²) in [5, 5.41) is 6.76. The van der Waals surface area contributed by atoms with Crippen molar-refractivity contribution in [2.75, 3.05) is 19.6 Å². The molecule has 2 heterocycles. The van der Waals surface area contributed by atoms with Crippen LogP contribution in [0.3, 0.4) is 0 Å². The summed E-state index contributed by atoms with van der Waals surface area (Å²) in [7, 11) is -3.53. The third-order valence-electron chi connectivity index (χ3n) is 4.63. The zero-order valence-electron chi connectivity index (χ0n) is 14.3. The maximum Gasteiger partial charge on any atom is 0.279 e. The molecule has 1 saturated heterocycles. The summed E-state index contributed by atoms with van der Waals surface area (Å²) in [6, 6.07) is 1.39. The quantitative estimate of drug-likeness (QED) is 0.615. The number of nitrogens with zero attached hydrogens (tertiary/aromatic N) is 2. The van der Waals surface area contributed by atoms with Crippen LogP contribution >= 0.6 is 0 Å². The summed E-state index contributed by atoms with van der Waals surface area (Å²) >= 11 is 0. The molecule has 0 radical (unpaired) electrons. The predicted molar refractivity (Wildman–Crippen MR) is 91.1 cm³/mol. The molecule has 2 aliphatic rings. The normalized spacial score (nSPS) is 25.0. The van der Waals surface area contributed by atoms with E-state index in [1.54, 1.807) is 6.07 Å². The van der Waals surface area contributed by atoms with Crippen LogP contribution in [0.4, 0.5) is 0 Å². The first-order valence-corrected chi connectivity index (χ1v) is 10.1. The van der Waals surface area contributed by atoms with Gasteiger partial charge in [0, 0.05) is 43.7 Å². The van der Waals surface area contributed by atoms with E-state index in [2.05, 4.69) is 15.2 Å². The minimum Gasteiger partial charge on any atom is -0.360 e. The molecular weight excluding hydrogens is 346 g/mol. The number of nitrogens with one attached hydrogen (secondary N) is 2. The lowest BCUT2D eigenvalue weighted by Gasteiger charge is -2.36. The van der Waals surface area contributed by atoms with Gasteiger partial charge in [-0.05, 0) is 32.6 Å². The number of nitrogens with two attached hydrogens (primary N) is 1. The van der Waals surface area contributed by atoms with Crippen molar-refractivity contribution in [3.8, 4) is 0 Å². The van der Waals surface area contributed by atoms with E-state index in [4.69, 9.17) is 10.3 Å². The molecule has 10 heteroatoms. The van der Waals surface area contributed by atoms with Crippen molar-refractivity contribution in [1.82, 2.24) is 19.5 Å². The zero-order chi connectivity index (χ0) is 18.0. The second-order valence-corrected chi connectivity index (χ2v) is 8.44. The van der Waals surface area contributed by atoms with Crippen LogP contribution in [-0.2, 0) is 10.2 Å². The topological polar surface area (TPSA) is 131 Å². The van der Waals surface area contributed by atoms with Crippen molar-refractivity contribution in [1.29, 1.82) is 0 Å². The number of hydrogen-bond acceptors (Lipinski definition) is 6. The average Bonchev–Trinajstić information content (AvgIpc) is 3.29. The molecule has 1 aliphatic carbocycles. The number of piperidine rings is 1. The zero-order valence-corrected chi connectivity index (χ0v) is 15.1. The van der Waals surface area contributed by atoms with Gasteiger partial charge in [0.15, 0.2) is 5.69 Å². The third kappa shape index (κ3) is 4.38. The number of carbonyl (C=O) groups excluding carboxylic acids is 1. The van der Waals surface area contributed by atoms with E-state index < -0.39 is 10.2 Å². The van der Waals surface area contributed by atoms with Gasteiger partial charge in [0.1, 0.15) is 5.76 Å². The van der Waals surface area contributed by atoms with Crippen molar-refractivity contribution >= 4 is 16.1 Å². The Labute approximate surface area is 147 Å². The van der Waals surface area contributed by atoms with Crippen LogP contribution in [0.15, 0.2) is 10.6 Å². The maximum absolute atomic E-state index is 12.3. The summed E-state index contributed by atoms with van der Waals surface area (Å²) in [6.07, 6.45) is 3.26. The van der Waals surface area contributed by atoms with Crippen LogP contribution in [0.1, 0.15) is 54.8 Å². The number of amides is 1. The van der Waals surface area contributed by atoms with E-state index in [0.29, 0.717) is 25.3 Å². The van der Waals surface area contributed by atoms with Crippen molar-refractivity contribution in [3.63, 3.8) is 0 Å². The number of aromatic nitrogens is 1. The third-order valence-corrected chi connectivity index (χ3v) is 6.36. The Balaban J connectivity index is 1.54. The monoisotopic (exact) mass is 371 g/mol.